The summed E-state index contributed by atoms with van der Waals surface area (Å²) in [7, 11) is 0. The van der Waals surface area contributed by atoms with E-state index in [9.17, 15) is 9.50 Å². The molecule has 1 saturated heterocycles. The lowest BCUT2D eigenvalue weighted by atomic mass is 10.1. The fraction of sp³-hybridized carbons (Fsp3) is 0.444. The Labute approximate surface area is 152 Å². The van der Waals surface area contributed by atoms with Crippen molar-refractivity contribution in [1.29, 1.82) is 0 Å². The summed E-state index contributed by atoms with van der Waals surface area (Å²) >= 11 is 1.78. The van der Waals surface area contributed by atoms with Crippen molar-refractivity contribution in [2.75, 3.05) is 18.0 Å². The number of aliphatic hydroxyl groups excluding tert-OH is 1. The third kappa shape index (κ3) is 4.93. The number of aryl methyl sites for hydroxylation is 1. The standard InChI is InChI=1S/C18H23FN2OS.ClH/c1-13-2-4-16(23-13)12-20-11-14-3-5-18(17(19)10-14)21-8-6-15(22)7-9-21;/h2-5,10,15,20,22H,6-9,11-12H2,1H3;1H. The highest BCUT2D eigenvalue weighted by Crippen LogP contribution is 2.24. The summed E-state index contributed by atoms with van der Waals surface area (Å²) in [5.74, 6) is -0.173. The predicted molar refractivity (Wildman–Crippen MR) is 101 cm³/mol. The summed E-state index contributed by atoms with van der Waals surface area (Å²) in [6.07, 6.45) is 1.19. The minimum absolute atomic E-state index is 0. The van der Waals surface area contributed by atoms with Crippen molar-refractivity contribution >= 4 is 29.4 Å². The summed E-state index contributed by atoms with van der Waals surface area (Å²) in [5, 5.41) is 12.9. The summed E-state index contributed by atoms with van der Waals surface area (Å²) < 4.78 is 14.4. The van der Waals surface area contributed by atoms with Crippen LogP contribution in [0.5, 0.6) is 0 Å². The number of nitrogens with zero attached hydrogens (tertiary/aromatic N) is 1. The molecule has 0 saturated carbocycles. The molecule has 0 spiro atoms. The molecule has 1 fully saturated rings. The zero-order valence-electron chi connectivity index (χ0n) is 13.8. The van der Waals surface area contributed by atoms with Crippen LogP contribution in [0.25, 0.3) is 0 Å². The van der Waals surface area contributed by atoms with Gasteiger partial charge in [0.25, 0.3) is 0 Å². The zero-order chi connectivity index (χ0) is 16.2. The molecule has 0 bridgehead atoms. The van der Waals surface area contributed by atoms with Gasteiger partial charge in [-0.3, -0.25) is 0 Å². The first-order valence-corrected chi connectivity index (χ1v) is 8.91. The molecule has 1 aliphatic rings. The summed E-state index contributed by atoms with van der Waals surface area (Å²) in [4.78, 5) is 4.63. The van der Waals surface area contributed by atoms with E-state index in [1.807, 2.05) is 17.0 Å². The maximum absolute atomic E-state index is 14.4. The first-order valence-electron chi connectivity index (χ1n) is 8.09. The molecule has 24 heavy (non-hydrogen) atoms. The van der Waals surface area contributed by atoms with E-state index in [1.165, 1.54) is 9.75 Å². The average Bonchev–Trinajstić information content (AvgIpc) is 2.94. The molecular formula is C18H24ClFN2OS. The van der Waals surface area contributed by atoms with Gasteiger partial charge in [0, 0.05) is 35.9 Å². The lowest BCUT2D eigenvalue weighted by molar-refractivity contribution is 0.145. The molecule has 1 aromatic carbocycles. The van der Waals surface area contributed by atoms with Gasteiger partial charge in [-0.1, -0.05) is 6.07 Å². The molecule has 0 amide bonds. The number of hydrogen-bond donors (Lipinski definition) is 2. The van der Waals surface area contributed by atoms with E-state index in [0.29, 0.717) is 38.2 Å². The van der Waals surface area contributed by atoms with Gasteiger partial charge in [-0.15, -0.1) is 23.7 Å². The molecule has 3 rings (SSSR count). The van der Waals surface area contributed by atoms with Gasteiger partial charge in [0.15, 0.2) is 0 Å². The van der Waals surface area contributed by atoms with Crippen LogP contribution in [0.2, 0.25) is 0 Å². The summed E-state index contributed by atoms with van der Waals surface area (Å²) in [6, 6.07) is 9.70. The van der Waals surface area contributed by atoms with Crippen LogP contribution in [-0.2, 0) is 13.1 Å². The Hall–Kier alpha value is -1.14. The molecule has 3 nitrogen and oxygen atoms in total. The lowest BCUT2D eigenvalue weighted by Crippen LogP contribution is -2.36. The number of rotatable bonds is 5. The van der Waals surface area contributed by atoms with Crippen molar-refractivity contribution < 1.29 is 9.50 Å². The molecular weight excluding hydrogens is 347 g/mol. The first-order chi connectivity index (χ1) is 11.1. The van der Waals surface area contributed by atoms with E-state index in [-0.39, 0.29) is 24.3 Å². The van der Waals surface area contributed by atoms with E-state index < -0.39 is 0 Å². The van der Waals surface area contributed by atoms with Gasteiger partial charge in [-0.05, 0) is 49.6 Å². The van der Waals surface area contributed by atoms with Gasteiger partial charge in [-0.2, -0.15) is 0 Å². The monoisotopic (exact) mass is 370 g/mol. The van der Waals surface area contributed by atoms with Crippen LogP contribution in [0, 0.1) is 12.7 Å². The van der Waals surface area contributed by atoms with Crippen LogP contribution in [0.1, 0.15) is 28.2 Å². The maximum Gasteiger partial charge on any atom is 0.146 e. The fourth-order valence-corrected chi connectivity index (χ4v) is 3.79. The van der Waals surface area contributed by atoms with Crippen LogP contribution in [0.4, 0.5) is 10.1 Å². The third-order valence-electron chi connectivity index (χ3n) is 4.24. The van der Waals surface area contributed by atoms with Gasteiger partial charge in [0.1, 0.15) is 5.82 Å². The fourth-order valence-electron chi connectivity index (χ4n) is 2.93. The number of benzene rings is 1. The molecule has 0 radical (unpaired) electrons. The number of halogens is 2. The largest absolute Gasteiger partial charge is 0.393 e. The molecule has 6 heteroatoms. The second kappa shape index (κ2) is 8.81. The van der Waals surface area contributed by atoms with E-state index in [0.717, 1.165) is 12.1 Å². The molecule has 132 valence electrons. The summed E-state index contributed by atoms with van der Waals surface area (Å²) in [5.41, 5.74) is 1.60. The van der Waals surface area contributed by atoms with E-state index >= 15 is 0 Å². The highest BCUT2D eigenvalue weighted by molar-refractivity contribution is 7.11. The third-order valence-corrected chi connectivity index (χ3v) is 5.24. The van der Waals surface area contributed by atoms with Crippen LogP contribution >= 0.6 is 23.7 Å². The Kier molecular flexibility index (Phi) is 7.04. The SMILES string of the molecule is Cc1ccc(CNCc2ccc(N3CCC(O)CC3)c(F)c2)s1.Cl. The van der Waals surface area contributed by atoms with Gasteiger partial charge >= 0.3 is 0 Å². The van der Waals surface area contributed by atoms with Gasteiger partial charge in [0.2, 0.25) is 0 Å². The molecule has 2 heterocycles. The Bertz CT molecular complexity index is 656. The number of hydrogen-bond acceptors (Lipinski definition) is 4. The molecule has 2 aromatic rings. The quantitative estimate of drug-likeness (QED) is 0.838. The number of piperidine rings is 1. The smallest absolute Gasteiger partial charge is 0.146 e. The average molecular weight is 371 g/mol. The second-order valence-electron chi connectivity index (χ2n) is 6.12. The predicted octanol–water partition coefficient (Wildman–Crippen LogP) is 3.87. The van der Waals surface area contributed by atoms with Crippen LogP contribution in [-0.4, -0.2) is 24.3 Å². The number of anilines is 1. The minimum Gasteiger partial charge on any atom is -0.393 e. The zero-order valence-corrected chi connectivity index (χ0v) is 15.4. The lowest BCUT2D eigenvalue weighted by Gasteiger charge is -2.31. The Morgan fingerprint density at radius 2 is 1.96 bits per heavy atom. The van der Waals surface area contributed by atoms with Crippen molar-refractivity contribution in [2.45, 2.75) is 39.0 Å². The maximum atomic E-state index is 14.4. The van der Waals surface area contributed by atoms with Crippen LogP contribution < -0.4 is 10.2 Å². The van der Waals surface area contributed by atoms with Crippen molar-refractivity contribution in [3.05, 3.63) is 51.5 Å². The minimum atomic E-state index is -0.237. The second-order valence-corrected chi connectivity index (χ2v) is 7.49. The molecule has 1 aromatic heterocycles. The Balaban J connectivity index is 0.00000208. The summed E-state index contributed by atoms with van der Waals surface area (Å²) in [6.45, 7) is 5.00. The molecule has 0 unspecified atom stereocenters. The van der Waals surface area contributed by atoms with Crippen molar-refractivity contribution in [1.82, 2.24) is 5.32 Å². The van der Waals surface area contributed by atoms with Gasteiger partial charge in [0.05, 0.1) is 11.8 Å². The normalized spacial score (nSPS) is 15.4. The number of aliphatic hydroxyl groups is 1. The van der Waals surface area contributed by atoms with Crippen molar-refractivity contribution in [3.8, 4) is 0 Å². The van der Waals surface area contributed by atoms with Crippen molar-refractivity contribution in [3.63, 3.8) is 0 Å². The van der Waals surface area contributed by atoms with Crippen LogP contribution in [0.3, 0.4) is 0 Å². The Morgan fingerprint density at radius 3 is 2.58 bits per heavy atom. The highest BCUT2D eigenvalue weighted by atomic mass is 35.5. The molecule has 2 N–H and O–H groups in total. The van der Waals surface area contributed by atoms with E-state index in [4.69, 9.17) is 0 Å². The highest BCUT2D eigenvalue weighted by Gasteiger charge is 2.19. The number of thiophene rings is 1. The topological polar surface area (TPSA) is 35.5 Å². The van der Waals surface area contributed by atoms with Gasteiger partial charge in [-0.25, -0.2) is 4.39 Å². The van der Waals surface area contributed by atoms with Crippen molar-refractivity contribution in [2.24, 2.45) is 0 Å². The molecule has 1 aliphatic heterocycles. The number of nitrogens with one attached hydrogen (secondary N) is 1. The van der Waals surface area contributed by atoms with E-state index in [1.54, 1.807) is 17.4 Å². The molecule has 0 aliphatic carbocycles. The van der Waals surface area contributed by atoms with E-state index in [2.05, 4.69) is 24.4 Å². The molecule has 0 atom stereocenters. The first kappa shape index (κ1) is 19.2. The Morgan fingerprint density at radius 1 is 1.21 bits per heavy atom. The van der Waals surface area contributed by atoms with Gasteiger partial charge < -0.3 is 15.3 Å². The van der Waals surface area contributed by atoms with Crippen LogP contribution in [0.15, 0.2) is 30.3 Å².